The van der Waals surface area contributed by atoms with Crippen LogP contribution in [-0.2, 0) is 22.9 Å². The number of likely N-dealkylation sites (tertiary alicyclic amines) is 1. The lowest BCUT2D eigenvalue weighted by molar-refractivity contribution is -0.0566. The zero-order chi connectivity index (χ0) is 30.1. The number of anilines is 1. The Morgan fingerprint density at radius 1 is 1.00 bits per heavy atom. The van der Waals surface area contributed by atoms with Gasteiger partial charge in [0.15, 0.2) is 9.84 Å². The predicted octanol–water partition coefficient (Wildman–Crippen LogP) is 4.90. The summed E-state index contributed by atoms with van der Waals surface area (Å²) in [5.74, 6) is -4.95. The number of hydrogen-bond donors (Lipinski definition) is 0. The van der Waals surface area contributed by atoms with Gasteiger partial charge in [0.2, 0.25) is 5.89 Å². The van der Waals surface area contributed by atoms with E-state index in [4.69, 9.17) is 4.42 Å². The van der Waals surface area contributed by atoms with Crippen LogP contribution >= 0.6 is 0 Å². The molecule has 2 aliphatic heterocycles. The highest BCUT2D eigenvalue weighted by atomic mass is 32.2. The number of nitrogens with zero attached hydrogens (tertiary/aromatic N) is 5. The molecule has 0 unspecified atom stereocenters. The molecule has 0 atom stereocenters. The van der Waals surface area contributed by atoms with Crippen LogP contribution in [0.4, 0.5) is 32.4 Å². The normalized spacial score (nSPS) is 18.8. The number of urea groups is 1. The molecule has 2 amide bonds. The Balaban J connectivity index is 1.36. The number of rotatable bonds is 7. The average Bonchev–Trinajstić information content (AvgIpc) is 3.45. The van der Waals surface area contributed by atoms with Crippen LogP contribution in [0.25, 0.3) is 11.5 Å². The number of carbonyl (C=O) groups excluding carboxylic acids is 1. The minimum Gasteiger partial charge on any atom is -0.415 e. The van der Waals surface area contributed by atoms with Gasteiger partial charge in [0.1, 0.15) is 5.82 Å². The molecule has 0 aliphatic carbocycles. The third-order valence-electron chi connectivity index (χ3n) is 7.34. The van der Waals surface area contributed by atoms with E-state index in [1.807, 2.05) is 4.90 Å². The van der Waals surface area contributed by atoms with Crippen molar-refractivity contribution in [1.82, 2.24) is 20.0 Å². The van der Waals surface area contributed by atoms with Crippen molar-refractivity contribution in [2.24, 2.45) is 0 Å². The quantitative estimate of drug-likeness (QED) is 0.350. The average molecular weight is 614 g/mol. The summed E-state index contributed by atoms with van der Waals surface area (Å²) < 4.78 is 96.6. The van der Waals surface area contributed by atoms with Crippen molar-refractivity contribution >= 4 is 21.6 Å². The van der Waals surface area contributed by atoms with Crippen LogP contribution in [0.5, 0.6) is 0 Å². The van der Waals surface area contributed by atoms with Gasteiger partial charge in [-0.25, -0.2) is 26.4 Å². The Labute approximate surface area is 238 Å². The van der Waals surface area contributed by atoms with E-state index < -0.39 is 39.9 Å². The summed E-state index contributed by atoms with van der Waals surface area (Å²) in [4.78, 5) is 18.2. The van der Waals surface area contributed by atoms with Gasteiger partial charge in [-0.1, -0.05) is 18.2 Å². The first kappa shape index (κ1) is 29.9. The maximum Gasteiger partial charge on any atom is 0.324 e. The number of alkyl halides is 4. The minimum atomic E-state index is -3.26. The summed E-state index contributed by atoms with van der Waals surface area (Å²) in [6.45, 7) is 0.730. The zero-order valence-electron chi connectivity index (χ0n) is 22.4. The molecule has 2 saturated heterocycles. The Hall–Kier alpha value is -3.59. The Morgan fingerprint density at radius 3 is 2.26 bits per heavy atom. The van der Waals surface area contributed by atoms with Gasteiger partial charge in [-0.2, -0.15) is 8.78 Å². The predicted molar refractivity (Wildman–Crippen MR) is 142 cm³/mol. The molecule has 2 aliphatic rings. The van der Waals surface area contributed by atoms with Crippen molar-refractivity contribution in [3.8, 4) is 11.5 Å². The Morgan fingerprint density at radius 2 is 1.67 bits per heavy atom. The van der Waals surface area contributed by atoms with Gasteiger partial charge in [0.05, 0.1) is 18.1 Å². The number of aromatic nitrogens is 2. The third kappa shape index (κ3) is 7.06. The van der Waals surface area contributed by atoms with Gasteiger partial charge in [-0.15, -0.1) is 10.2 Å². The van der Waals surface area contributed by atoms with Crippen LogP contribution in [0.3, 0.4) is 0 Å². The van der Waals surface area contributed by atoms with E-state index in [0.29, 0.717) is 12.2 Å². The zero-order valence-corrected chi connectivity index (χ0v) is 23.2. The van der Waals surface area contributed by atoms with E-state index in [1.165, 1.54) is 21.9 Å². The van der Waals surface area contributed by atoms with Gasteiger partial charge in [-0.05, 0) is 29.8 Å². The van der Waals surface area contributed by atoms with Crippen LogP contribution in [0.15, 0.2) is 46.9 Å². The molecule has 1 aromatic heterocycles. The van der Waals surface area contributed by atoms with Gasteiger partial charge in [0, 0.05) is 62.4 Å². The van der Waals surface area contributed by atoms with Crippen LogP contribution in [0.1, 0.15) is 36.3 Å². The fourth-order valence-corrected chi connectivity index (χ4v) is 6.04. The maximum absolute atomic E-state index is 15.2. The van der Waals surface area contributed by atoms with Crippen LogP contribution in [-0.4, -0.2) is 78.1 Å². The molecule has 42 heavy (non-hydrogen) atoms. The molecule has 2 fully saturated rings. The molecule has 0 saturated carbocycles. The number of piperidine rings is 1. The summed E-state index contributed by atoms with van der Waals surface area (Å²) in [6, 6.07) is 10.2. The van der Waals surface area contributed by atoms with E-state index >= 15 is 4.39 Å². The molecule has 3 aromatic rings. The number of carbonyl (C=O) groups is 1. The SMILES string of the molecule is O=C(N1CCS(=O)(=O)CC1)N(Cc1ccc(-c2nnc(C(F)F)o2)cc1F)c1ccc(CN2CCC(F)(F)CC2)cc1. The van der Waals surface area contributed by atoms with Crippen LogP contribution < -0.4 is 4.90 Å². The molecular formula is C27H28F5N5O4S. The van der Waals surface area contributed by atoms with Crippen LogP contribution in [0, 0.1) is 5.82 Å². The van der Waals surface area contributed by atoms with Gasteiger partial charge in [0.25, 0.3) is 11.8 Å². The Kier molecular flexibility index (Phi) is 8.51. The standard InChI is InChI=1S/C27H28F5N5O4S/c28-22-15-19(24-33-34-25(41-24)23(29)30)3-4-20(22)17-37(26(38)36-11-13-42(39,40)14-12-36)21-5-1-18(2-6-21)16-35-9-7-27(31,32)8-10-35/h1-6,15,23H,7-14,16-17H2. The molecule has 0 radical (unpaired) electrons. The molecule has 15 heteroatoms. The molecular weight excluding hydrogens is 585 g/mol. The first-order valence-electron chi connectivity index (χ1n) is 13.3. The van der Waals surface area contributed by atoms with E-state index in [0.717, 1.165) is 11.6 Å². The Bertz CT molecular complexity index is 1510. The smallest absolute Gasteiger partial charge is 0.324 e. The first-order valence-corrected chi connectivity index (χ1v) is 15.1. The lowest BCUT2D eigenvalue weighted by Gasteiger charge is -2.33. The van der Waals surface area contributed by atoms with Crippen molar-refractivity contribution in [1.29, 1.82) is 0 Å². The molecule has 3 heterocycles. The topological polar surface area (TPSA) is 99.9 Å². The molecule has 0 spiro atoms. The van der Waals surface area contributed by atoms with E-state index in [-0.39, 0.29) is 74.1 Å². The number of sulfone groups is 1. The monoisotopic (exact) mass is 613 g/mol. The summed E-state index contributed by atoms with van der Waals surface area (Å²) >= 11 is 0. The summed E-state index contributed by atoms with van der Waals surface area (Å²) in [6.07, 6.45) is -3.39. The summed E-state index contributed by atoms with van der Waals surface area (Å²) in [7, 11) is -3.26. The van der Waals surface area contributed by atoms with Crippen molar-refractivity contribution in [3.63, 3.8) is 0 Å². The number of hydrogen-bond acceptors (Lipinski definition) is 7. The van der Waals surface area contributed by atoms with Crippen molar-refractivity contribution < 1.29 is 39.6 Å². The largest absolute Gasteiger partial charge is 0.415 e. The fourth-order valence-electron chi connectivity index (χ4n) is 4.84. The lowest BCUT2D eigenvalue weighted by atomic mass is 10.1. The highest BCUT2D eigenvalue weighted by molar-refractivity contribution is 7.91. The van der Waals surface area contributed by atoms with E-state index in [2.05, 4.69) is 10.2 Å². The molecule has 5 rings (SSSR count). The van der Waals surface area contributed by atoms with Crippen LogP contribution in [0.2, 0.25) is 0 Å². The first-order chi connectivity index (χ1) is 19.9. The second kappa shape index (κ2) is 12.0. The van der Waals surface area contributed by atoms with Gasteiger partial charge >= 0.3 is 12.5 Å². The fraction of sp³-hybridized carbons (Fsp3) is 0.444. The summed E-state index contributed by atoms with van der Waals surface area (Å²) in [5, 5.41) is 6.76. The number of benzene rings is 2. The minimum absolute atomic E-state index is 0.0135. The van der Waals surface area contributed by atoms with Crippen molar-refractivity contribution in [3.05, 3.63) is 65.3 Å². The number of halogens is 5. The molecule has 9 nitrogen and oxygen atoms in total. The highest BCUT2D eigenvalue weighted by Gasteiger charge is 2.34. The number of amides is 2. The molecule has 2 aromatic carbocycles. The molecule has 226 valence electrons. The van der Waals surface area contributed by atoms with Gasteiger partial charge in [-0.3, -0.25) is 9.80 Å². The second-order valence-electron chi connectivity index (χ2n) is 10.4. The highest BCUT2D eigenvalue weighted by Crippen LogP contribution is 2.30. The van der Waals surface area contributed by atoms with Crippen molar-refractivity contribution in [2.45, 2.75) is 38.3 Å². The van der Waals surface area contributed by atoms with Crippen molar-refractivity contribution in [2.75, 3.05) is 42.6 Å². The summed E-state index contributed by atoms with van der Waals surface area (Å²) in [5.41, 5.74) is 1.45. The van der Waals surface area contributed by atoms with Gasteiger partial charge < -0.3 is 9.32 Å². The third-order valence-corrected chi connectivity index (χ3v) is 8.95. The molecule has 0 bridgehead atoms. The lowest BCUT2D eigenvalue weighted by Crippen LogP contribution is -2.49. The van der Waals surface area contributed by atoms with E-state index in [9.17, 15) is 30.8 Å². The molecule has 0 N–H and O–H groups in total. The van der Waals surface area contributed by atoms with E-state index in [1.54, 1.807) is 24.3 Å². The maximum atomic E-state index is 15.2. The second-order valence-corrected chi connectivity index (χ2v) is 12.7.